The van der Waals surface area contributed by atoms with Gasteiger partial charge in [-0.3, -0.25) is 0 Å². The Morgan fingerprint density at radius 3 is 2.90 bits per heavy atom. The van der Waals surface area contributed by atoms with Gasteiger partial charge < -0.3 is 9.52 Å². The maximum atomic E-state index is 13.4. The van der Waals surface area contributed by atoms with Crippen LogP contribution >= 0.6 is 23.2 Å². The van der Waals surface area contributed by atoms with Crippen molar-refractivity contribution in [3.05, 3.63) is 40.6 Å². The zero-order valence-corrected chi connectivity index (χ0v) is 12.0. The first-order valence-corrected chi connectivity index (χ1v) is 6.87. The van der Waals surface area contributed by atoms with Gasteiger partial charge in [0.05, 0.1) is 17.4 Å². The predicted octanol–water partition coefficient (Wildman–Crippen LogP) is 2.68. The quantitative estimate of drug-likeness (QED) is 0.744. The third kappa shape index (κ3) is 2.85. The molecule has 9 heteroatoms. The van der Waals surface area contributed by atoms with Crippen molar-refractivity contribution in [1.29, 1.82) is 0 Å². The summed E-state index contributed by atoms with van der Waals surface area (Å²) in [4.78, 5) is 1.21. The minimum absolute atomic E-state index is 0.0393. The lowest BCUT2D eigenvalue weighted by Crippen LogP contribution is -2.11. The second-order valence-electron chi connectivity index (χ2n) is 4.36. The van der Waals surface area contributed by atoms with Crippen molar-refractivity contribution in [2.75, 3.05) is 0 Å². The molecule has 0 radical (unpaired) electrons. The number of hydrogen-bond acceptors (Lipinski definition) is 5. The van der Waals surface area contributed by atoms with E-state index in [4.69, 9.17) is 27.6 Å². The Kier molecular flexibility index (Phi) is 3.79. The Balaban J connectivity index is 1.85. The number of alkyl halides is 1. The summed E-state index contributed by atoms with van der Waals surface area (Å²) in [5.74, 6) is 0.216. The van der Waals surface area contributed by atoms with Crippen LogP contribution < -0.4 is 0 Å². The van der Waals surface area contributed by atoms with Gasteiger partial charge in [-0.2, -0.15) is 4.80 Å². The van der Waals surface area contributed by atoms with Crippen molar-refractivity contribution in [2.45, 2.75) is 18.5 Å². The van der Waals surface area contributed by atoms with Gasteiger partial charge in [-0.15, -0.1) is 21.8 Å². The number of benzene rings is 1. The summed E-state index contributed by atoms with van der Waals surface area (Å²) in [7, 11) is 0. The first kappa shape index (κ1) is 14.2. The van der Waals surface area contributed by atoms with Crippen LogP contribution in [0.4, 0.5) is 4.39 Å². The highest BCUT2D eigenvalue weighted by Crippen LogP contribution is 2.28. The van der Waals surface area contributed by atoms with Gasteiger partial charge in [0.2, 0.25) is 0 Å². The van der Waals surface area contributed by atoms with Crippen LogP contribution in [0.1, 0.15) is 17.7 Å². The molecular formula is C12H9Cl2FN4O2. The lowest BCUT2D eigenvalue weighted by atomic mass is 10.2. The molecule has 0 spiro atoms. The molecule has 110 valence electrons. The number of aliphatic hydroxyl groups is 1. The fraction of sp³-hybridized carbons (Fsp3) is 0.250. The van der Waals surface area contributed by atoms with Gasteiger partial charge in [0, 0.05) is 11.5 Å². The summed E-state index contributed by atoms with van der Waals surface area (Å²) in [6.07, 6.45) is -1.00. The molecule has 0 bridgehead atoms. The topological polar surface area (TPSA) is 77.0 Å². The van der Waals surface area contributed by atoms with Gasteiger partial charge >= 0.3 is 0 Å². The highest BCUT2D eigenvalue weighted by Gasteiger charge is 2.17. The van der Waals surface area contributed by atoms with Crippen LogP contribution in [0.15, 0.2) is 22.6 Å². The Hall–Kier alpha value is -1.70. The van der Waals surface area contributed by atoms with E-state index in [0.717, 1.165) is 0 Å². The molecule has 1 aromatic carbocycles. The number of nitrogens with zero attached hydrogens (tertiary/aromatic N) is 4. The number of aliphatic hydroxyl groups excluding tert-OH is 1. The third-order valence-electron chi connectivity index (χ3n) is 2.86. The highest BCUT2D eigenvalue weighted by atomic mass is 35.5. The summed E-state index contributed by atoms with van der Waals surface area (Å²) >= 11 is 11.3. The zero-order chi connectivity index (χ0) is 15.0. The molecule has 3 aromatic rings. The molecular weight excluding hydrogens is 322 g/mol. The van der Waals surface area contributed by atoms with E-state index in [9.17, 15) is 9.50 Å². The minimum Gasteiger partial charge on any atom is -0.458 e. The molecule has 1 unspecified atom stereocenters. The van der Waals surface area contributed by atoms with Crippen LogP contribution in [0.2, 0.25) is 5.02 Å². The highest BCUT2D eigenvalue weighted by molar-refractivity contribution is 6.31. The maximum Gasteiger partial charge on any atom is 0.189 e. The molecule has 21 heavy (non-hydrogen) atoms. The standard InChI is InChI=1S/C12H9Cl2FN4O2/c13-4-12-16-18-19(17-12)5-9(20)11-2-6-1-8(15)7(14)3-10(6)21-11/h1-3,9,20H,4-5H2. The Labute approximate surface area is 128 Å². The van der Waals surface area contributed by atoms with Crippen molar-refractivity contribution < 1.29 is 13.9 Å². The smallest absolute Gasteiger partial charge is 0.189 e. The molecule has 0 saturated carbocycles. The average molecular weight is 331 g/mol. The average Bonchev–Trinajstić information content (AvgIpc) is 3.06. The van der Waals surface area contributed by atoms with Crippen molar-refractivity contribution in [1.82, 2.24) is 20.2 Å². The molecule has 0 amide bonds. The summed E-state index contributed by atoms with van der Waals surface area (Å²) in [6, 6.07) is 4.15. The van der Waals surface area contributed by atoms with Crippen molar-refractivity contribution in [3.8, 4) is 0 Å². The molecule has 1 atom stereocenters. The SMILES string of the molecule is OC(Cn1nnc(CCl)n1)c1cc2cc(F)c(Cl)cc2o1. The number of furan rings is 1. The van der Waals surface area contributed by atoms with E-state index in [0.29, 0.717) is 16.8 Å². The molecule has 3 rings (SSSR count). The zero-order valence-electron chi connectivity index (χ0n) is 10.5. The summed E-state index contributed by atoms with van der Waals surface area (Å²) in [5, 5.41) is 22.0. The van der Waals surface area contributed by atoms with Crippen molar-refractivity contribution in [3.63, 3.8) is 0 Å². The normalized spacial score (nSPS) is 13.0. The molecule has 0 aliphatic rings. The minimum atomic E-state index is -1.00. The van der Waals surface area contributed by atoms with E-state index in [-0.39, 0.29) is 23.2 Å². The lowest BCUT2D eigenvalue weighted by molar-refractivity contribution is 0.122. The van der Waals surface area contributed by atoms with Gasteiger partial charge in [0.15, 0.2) is 5.82 Å². The third-order valence-corrected chi connectivity index (χ3v) is 3.39. The predicted molar refractivity (Wildman–Crippen MR) is 73.5 cm³/mol. The molecule has 0 aliphatic carbocycles. The molecule has 2 heterocycles. The van der Waals surface area contributed by atoms with E-state index in [1.54, 1.807) is 6.07 Å². The monoisotopic (exact) mass is 330 g/mol. The van der Waals surface area contributed by atoms with Crippen LogP contribution in [0.25, 0.3) is 11.0 Å². The van der Waals surface area contributed by atoms with Crippen molar-refractivity contribution >= 4 is 34.2 Å². The fourth-order valence-electron chi connectivity index (χ4n) is 1.87. The second kappa shape index (κ2) is 5.59. The second-order valence-corrected chi connectivity index (χ2v) is 5.04. The Morgan fingerprint density at radius 1 is 1.38 bits per heavy atom. The van der Waals surface area contributed by atoms with Crippen LogP contribution in [0, 0.1) is 5.82 Å². The summed E-state index contributed by atoms with van der Waals surface area (Å²) in [6.45, 7) is 0.0416. The van der Waals surface area contributed by atoms with E-state index >= 15 is 0 Å². The molecule has 0 fully saturated rings. The number of rotatable bonds is 4. The molecule has 0 saturated heterocycles. The van der Waals surface area contributed by atoms with E-state index < -0.39 is 11.9 Å². The van der Waals surface area contributed by atoms with Crippen molar-refractivity contribution in [2.24, 2.45) is 0 Å². The van der Waals surface area contributed by atoms with E-state index in [1.165, 1.54) is 16.9 Å². The lowest BCUT2D eigenvalue weighted by Gasteiger charge is -2.05. The first-order valence-electron chi connectivity index (χ1n) is 5.96. The Morgan fingerprint density at radius 2 is 2.19 bits per heavy atom. The van der Waals surface area contributed by atoms with Gasteiger partial charge in [-0.25, -0.2) is 4.39 Å². The van der Waals surface area contributed by atoms with Gasteiger partial charge in [-0.1, -0.05) is 11.6 Å². The molecule has 2 aromatic heterocycles. The number of fused-ring (bicyclic) bond motifs is 1. The van der Waals surface area contributed by atoms with Gasteiger partial charge in [0.25, 0.3) is 0 Å². The van der Waals surface area contributed by atoms with E-state index in [1.807, 2.05) is 0 Å². The molecule has 6 nitrogen and oxygen atoms in total. The molecule has 1 N–H and O–H groups in total. The van der Waals surface area contributed by atoms with Gasteiger partial charge in [-0.05, 0) is 17.3 Å². The largest absolute Gasteiger partial charge is 0.458 e. The summed E-state index contributed by atoms with van der Waals surface area (Å²) in [5.41, 5.74) is 0.392. The first-order chi connectivity index (χ1) is 10.1. The summed E-state index contributed by atoms with van der Waals surface area (Å²) < 4.78 is 18.8. The van der Waals surface area contributed by atoms with E-state index in [2.05, 4.69) is 15.4 Å². The van der Waals surface area contributed by atoms with Crippen LogP contribution in [-0.2, 0) is 12.4 Å². The van der Waals surface area contributed by atoms with Gasteiger partial charge in [0.1, 0.15) is 23.3 Å². The number of halogens is 3. The number of tetrazole rings is 1. The number of aromatic nitrogens is 4. The molecule has 0 aliphatic heterocycles. The van der Waals surface area contributed by atoms with Crippen LogP contribution in [-0.4, -0.2) is 25.3 Å². The van der Waals surface area contributed by atoms with Crippen LogP contribution in [0.3, 0.4) is 0 Å². The number of hydrogen-bond donors (Lipinski definition) is 1. The Bertz CT molecular complexity index is 750. The van der Waals surface area contributed by atoms with Crippen LogP contribution in [0.5, 0.6) is 0 Å². The maximum absolute atomic E-state index is 13.4. The fourth-order valence-corrected chi connectivity index (χ4v) is 2.13.